The molecule has 0 aromatic heterocycles. The van der Waals surface area contributed by atoms with E-state index in [1.807, 2.05) is 18.4 Å². The van der Waals surface area contributed by atoms with Crippen LogP contribution in [0.1, 0.15) is 18.4 Å². The predicted molar refractivity (Wildman–Crippen MR) is 55.0 cm³/mol. The van der Waals surface area contributed by atoms with Gasteiger partial charge in [-0.2, -0.15) is 0 Å². The van der Waals surface area contributed by atoms with Crippen LogP contribution >= 0.6 is 11.8 Å². The molecule has 2 nitrogen and oxygen atoms in total. The number of hydrogen-bond donors (Lipinski definition) is 2. The summed E-state index contributed by atoms with van der Waals surface area (Å²) in [6.07, 6.45) is 3.99. The summed E-state index contributed by atoms with van der Waals surface area (Å²) in [5, 5.41) is 9.62. The molecule has 1 aromatic rings. The highest BCUT2D eigenvalue weighted by atomic mass is 32.2. The number of benzene rings is 1. The van der Waals surface area contributed by atoms with Crippen molar-refractivity contribution >= 4 is 11.8 Å². The number of aromatic hydroxyl groups is 1. The molecule has 0 bridgehead atoms. The van der Waals surface area contributed by atoms with Gasteiger partial charge in [0.05, 0.1) is 0 Å². The molecule has 0 radical (unpaired) electrons. The number of hydrogen-bond acceptors (Lipinski definition) is 3. The predicted octanol–water partition coefficient (Wildman–Crippen LogP) is 2.06. The fourth-order valence-electron chi connectivity index (χ4n) is 1.44. The largest absolute Gasteiger partial charge is 0.508 e. The number of phenolic OH excluding ortho intramolecular Hbond substituents is 1. The molecule has 0 spiro atoms. The number of rotatable bonds is 2. The molecule has 1 saturated carbocycles. The zero-order chi connectivity index (χ0) is 9.47. The second-order valence-electron chi connectivity index (χ2n) is 3.54. The van der Waals surface area contributed by atoms with Crippen molar-refractivity contribution in [1.82, 2.24) is 0 Å². The van der Waals surface area contributed by atoms with Crippen LogP contribution in [-0.4, -0.2) is 11.4 Å². The van der Waals surface area contributed by atoms with E-state index >= 15 is 0 Å². The molecular weight excluding hydrogens is 182 g/mol. The highest BCUT2D eigenvalue weighted by Gasteiger charge is 2.41. The smallest absolute Gasteiger partial charge is 0.120 e. The normalized spacial score (nSPS) is 18.6. The fourth-order valence-corrected chi connectivity index (χ4v) is 1.88. The molecule has 1 aliphatic rings. The number of thioether (sulfide) groups is 1. The molecule has 0 unspecified atom stereocenters. The molecule has 2 rings (SSSR count). The summed E-state index contributed by atoms with van der Waals surface area (Å²) < 4.78 is 0. The standard InChI is InChI=1S/C10H13NOS/c1-13-7-2-3-9(12)8(6-7)10(11)4-5-10/h2-3,6,12H,4-5,11H2,1H3. The van der Waals surface area contributed by atoms with Crippen LogP contribution in [0, 0.1) is 0 Å². The van der Waals surface area contributed by atoms with Crippen LogP contribution in [0.5, 0.6) is 5.75 Å². The van der Waals surface area contributed by atoms with Gasteiger partial charge in [-0.1, -0.05) is 0 Å². The van der Waals surface area contributed by atoms with Gasteiger partial charge in [-0.15, -0.1) is 11.8 Å². The molecule has 0 atom stereocenters. The number of phenols is 1. The van der Waals surface area contributed by atoms with Gasteiger partial charge < -0.3 is 10.8 Å². The Bertz CT molecular complexity index is 334. The lowest BCUT2D eigenvalue weighted by molar-refractivity contribution is 0.459. The van der Waals surface area contributed by atoms with Crippen LogP contribution in [0.25, 0.3) is 0 Å². The van der Waals surface area contributed by atoms with Gasteiger partial charge in [0.1, 0.15) is 5.75 Å². The Morgan fingerprint density at radius 3 is 2.69 bits per heavy atom. The molecule has 3 N–H and O–H groups in total. The third-order valence-corrected chi connectivity index (χ3v) is 3.25. The maximum atomic E-state index is 9.62. The first-order chi connectivity index (χ1) is 6.15. The third kappa shape index (κ3) is 1.54. The summed E-state index contributed by atoms with van der Waals surface area (Å²) in [7, 11) is 0. The van der Waals surface area contributed by atoms with Crippen molar-refractivity contribution in [3.8, 4) is 5.75 Å². The van der Waals surface area contributed by atoms with Crippen LogP contribution in [0.4, 0.5) is 0 Å². The fraction of sp³-hybridized carbons (Fsp3) is 0.400. The summed E-state index contributed by atoms with van der Waals surface area (Å²) in [4.78, 5) is 1.16. The molecule has 0 saturated heterocycles. The van der Waals surface area contributed by atoms with Gasteiger partial charge in [0.2, 0.25) is 0 Å². The topological polar surface area (TPSA) is 46.2 Å². The van der Waals surface area contributed by atoms with Gasteiger partial charge >= 0.3 is 0 Å². The van der Waals surface area contributed by atoms with Gasteiger partial charge in [0.25, 0.3) is 0 Å². The van der Waals surface area contributed by atoms with Gasteiger partial charge in [-0.3, -0.25) is 0 Å². The summed E-state index contributed by atoms with van der Waals surface area (Å²) in [5.41, 5.74) is 6.68. The third-order valence-electron chi connectivity index (χ3n) is 2.53. The molecule has 1 aliphatic carbocycles. The Morgan fingerprint density at radius 2 is 2.15 bits per heavy atom. The van der Waals surface area contributed by atoms with Crippen LogP contribution < -0.4 is 5.73 Å². The van der Waals surface area contributed by atoms with Gasteiger partial charge in [0.15, 0.2) is 0 Å². The van der Waals surface area contributed by atoms with E-state index in [0.717, 1.165) is 23.3 Å². The first-order valence-electron chi connectivity index (χ1n) is 4.32. The van der Waals surface area contributed by atoms with Crippen molar-refractivity contribution in [2.45, 2.75) is 23.3 Å². The Hall–Kier alpha value is -0.670. The van der Waals surface area contributed by atoms with Crippen LogP contribution in [0.15, 0.2) is 23.1 Å². The molecule has 1 aromatic carbocycles. The second-order valence-corrected chi connectivity index (χ2v) is 4.42. The first-order valence-corrected chi connectivity index (χ1v) is 5.54. The molecule has 0 heterocycles. The minimum absolute atomic E-state index is 0.240. The maximum Gasteiger partial charge on any atom is 0.120 e. The monoisotopic (exact) mass is 195 g/mol. The van der Waals surface area contributed by atoms with E-state index < -0.39 is 0 Å². The molecule has 1 fully saturated rings. The van der Waals surface area contributed by atoms with E-state index in [1.54, 1.807) is 17.8 Å². The van der Waals surface area contributed by atoms with Crippen molar-refractivity contribution in [1.29, 1.82) is 0 Å². The maximum absolute atomic E-state index is 9.62. The lowest BCUT2D eigenvalue weighted by Gasteiger charge is -2.12. The summed E-state index contributed by atoms with van der Waals surface area (Å²) in [6.45, 7) is 0. The average Bonchev–Trinajstić information content (AvgIpc) is 2.86. The van der Waals surface area contributed by atoms with Gasteiger partial charge in [-0.05, 0) is 37.3 Å². The Balaban J connectivity index is 2.43. The van der Waals surface area contributed by atoms with Crippen LogP contribution in [-0.2, 0) is 5.54 Å². The molecule has 0 amide bonds. The highest BCUT2D eigenvalue weighted by molar-refractivity contribution is 7.98. The zero-order valence-corrected chi connectivity index (χ0v) is 8.40. The summed E-state index contributed by atoms with van der Waals surface area (Å²) in [6, 6.07) is 5.64. The quantitative estimate of drug-likeness (QED) is 0.710. The zero-order valence-electron chi connectivity index (χ0n) is 7.58. The van der Waals surface area contributed by atoms with Crippen molar-refractivity contribution in [3.63, 3.8) is 0 Å². The van der Waals surface area contributed by atoms with E-state index in [1.165, 1.54) is 0 Å². The van der Waals surface area contributed by atoms with Gasteiger partial charge in [0, 0.05) is 16.0 Å². The Labute approximate surface area is 82.1 Å². The summed E-state index contributed by atoms with van der Waals surface area (Å²) >= 11 is 1.67. The van der Waals surface area contributed by atoms with Crippen molar-refractivity contribution in [2.24, 2.45) is 5.73 Å². The SMILES string of the molecule is CSc1ccc(O)c(C2(N)CC2)c1. The van der Waals surface area contributed by atoms with E-state index in [4.69, 9.17) is 5.73 Å². The van der Waals surface area contributed by atoms with Crippen LogP contribution in [0.2, 0.25) is 0 Å². The highest BCUT2D eigenvalue weighted by Crippen LogP contribution is 2.46. The van der Waals surface area contributed by atoms with Crippen LogP contribution in [0.3, 0.4) is 0 Å². The average molecular weight is 195 g/mol. The van der Waals surface area contributed by atoms with E-state index in [2.05, 4.69) is 0 Å². The lowest BCUT2D eigenvalue weighted by atomic mass is 10.1. The Kier molecular flexibility index (Phi) is 2.00. The summed E-state index contributed by atoms with van der Waals surface area (Å²) in [5.74, 6) is 0.331. The van der Waals surface area contributed by atoms with Crippen molar-refractivity contribution in [2.75, 3.05) is 6.26 Å². The van der Waals surface area contributed by atoms with E-state index in [0.29, 0.717) is 5.75 Å². The lowest BCUT2D eigenvalue weighted by Crippen LogP contribution is -2.18. The van der Waals surface area contributed by atoms with Crippen molar-refractivity contribution < 1.29 is 5.11 Å². The van der Waals surface area contributed by atoms with E-state index in [-0.39, 0.29) is 5.54 Å². The number of nitrogens with two attached hydrogens (primary N) is 1. The molecule has 3 heteroatoms. The molecule has 70 valence electrons. The molecular formula is C10H13NOS. The van der Waals surface area contributed by atoms with Crippen molar-refractivity contribution in [3.05, 3.63) is 23.8 Å². The minimum Gasteiger partial charge on any atom is -0.508 e. The van der Waals surface area contributed by atoms with Gasteiger partial charge in [-0.25, -0.2) is 0 Å². The van der Waals surface area contributed by atoms with E-state index in [9.17, 15) is 5.11 Å². The Morgan fingerprint density at radius 1 is 1.46 bits per heavy atom. The minimum atomic E-state index is -0.240. The molecule has 0 aliphatic heterocycles. The first kappa shape index (κ1) is 8.91. The molecule has 13 heavy (non-hydrogen) atoms. The second kappa shape index (κ2) is 2.93.